The first-order chi connectivity index (χ1) is 14.5. The maximum atomic E-state index is 14.8. The lowest BCUT2D eigenvalue weighted by Gasteiger charge is -2.06. The molecule has 30 heavy (non-hydrogen) atoms. The van der Waals surface area contributed by atoms with E-state index in [1.165, 1.54) is 20.3 Å². The van der Waals surface area contributed by atoms with Crippen molar-refractivity contribution >= 4 is 40.2 Å². The molecule has 2 aromatic heterocycles. The van der Waals surface area contributed by atoms with Gasteiger partial charge in [0.1, 0.15) is 22.9 Å². The van der Waals surface area contributed by atoms with Crippen LogP contribution < -0.4 is 10.1 Å². The van der Waals surface area contributed by atoms with E-state index in [0.717, 1.165) is 10.8 Å². The number of anilines is 1. The van der Waals surface area contributed by atoms with Gasteiger partial charge in [0.25, 0.3) is 0 Å². The second kappa shape index (κ2) is 7.82. The van der Waals surface area contributed by atoms with Crippen molar-refractivity contribution in [2.24, 2.45) is 4.99 Å². The van der Waals surface area contributed by atoms with Crippen LogP contribution in [0.15, 0.2) is 53.7 Å². The molecule has 0 saturated carbocycles. The number of amides is 1. The monoisotopic (exact) mass is 406 g/mol. The molecule has 2 heterocycles. The first-order valence-corrected chi connectivity index (χ1v) is 9.18. The van der Waals surface area contributed by atoms with Gasteiger partial charge in [0.2, 0.25) is 0 Å². The number of imidazole rings is 1. The largest absolute Gasteiger partial charge is 0.497 e. The average molecular weight is 406 g/mol. The van der Waals surface area contributed by atoms with E-state index in [9.17, 15) is 9.18 Å². The summed E-state index contributed by atoms with van der Waals surface area (Å²) in [6, 6.07) is 12.0. The predicted molar refractivity (Wildman–Crippen MR) is 114 cm³/mol. The number of fused-ring (bicyclic) bond motifs is 3. The fourth-order valence-electron chi connectivity index (χ4n) is 3.29. The number of ether oxygens (including phenoxy) is 2. The highest BCUT2D eigenvalue weighted by Gasteiger charge is 2.19. The Morgan fingerprint density at radius 3 is 2.73 bits per heavy atom. The smallest absolute Gasteiger partial charge is 0.411 e. The van der Waals surface area contributed by atoms with Gasteiger partial charge in [0.05, 0.1) is 14.2 Å². The van der Waals surface area contributed by atoms with Crippen LogP contribution in [0.5, 0.6) is 5.75 Å². The lowest BCUT2D eigenvalue weighted by molar-refractivity contribution is 0.187. The minimum absolute atomic E-state index is 0.317. The van der Waals surface area contributed by atoms with Crippen molar-refractivity contribution in [2.45, 2.75) is 6.92 Å². The molecule has 7 nitrogen and oxygen atoms in total. The molecule has 8 heteroatoms. The number of nitrogens with one attached hydrogen (secondary N) is 1. The number of carbonyl (C=O) groups excluding carboxylic acids is 1. The molecule has 0 aliphatic carbocycles. The summed E-state index contributed by atoms with van der Waals surface area (Å²) in [4.78, 5) is 20.7. The van der Waals surface area contributed by atoms with Crippen LogP contribution >= 0.6 is 0 Å². The van der Waals surface area contributed by atoms with Gasteiger partial charge in [-0.2, -0.15) is 0 Å². The Hall–Kier alpha value is -3.94. The SMILES string of the molecule is CC=Nc1c(-c2ccc(OC)cc2F)nc2c3cc(NC(=O)OC)ccc3ccn12. The first kappa shape index (κ1) is 19.4. The number of pyridine rings is 1. The summed E-state index contributed by atoms with van der Waals surface area (Å²) in [5.41, 5.74) is 1.87. The van der Waals surface area contributed by atoms with Crippen LogP contribution in [0.3, 0.4) is 0 Å². The third kappa shape index (κ3) is 3.32. The van der Waals surface area contributed by atoms with Crippen LogP contribution in [0.4, 0.5) is 20.7 Å². The maximum absolute atomic E-state index is 14.8. The lowest BCUT2D eigenvalue weighted by atomic mass is 10.1. The normalized spacial score (nSPS) is 11.3. The van der Waals surface area contributed by atoms with Gasteiger partial charge in [-0.15, -0.1) is 0 Å². The molecule has 0 spiro atoms. The Balaban J connectivity index is 1.97. The molecule has 0 radical (unpaired) electrons. The number of carbonyl (C=O) groups is 1. The van der Waals surface area contributed by atoms with E-state index < -0.39 is 11.9 Å². The third-order valence-electron chi connectivity index (χ3n) is 4.70. The number of hydrogen-bond acceptors (Lipinski definition) is 5. The lowest BCUT2D eigenvalue weighted by Crippen LogP contribution is -2.10. The Labute approximate surface area is 171 Å². The minimum atomic E-state index is -0.568. The van der Waals surface area contributed by atoms with E-state index in [1.54, 1.807) is 41.8 Å². The molecule has 0 atom stereocenters. The molecule has 0 aliphatic heterocycles. The summed E-state index contributed by atoms with van der Waals surface area (Å²) in [6.45, 7) is 1.78. The first-order valence-electron chi connectivity index (χ1n) is 9.18. The van der Waals surface area contributed by atoms with Crippen molar-refractivity contribution in [1.29, 1.82) is 0 Å². The Morgan fingerprint density at radius 1 is 1.20 bits per heavy atom. The number of nitrogens with zero attached hydrogens (tertiary/aromatic N) is 3. The predicted octanol–water partition coefficient (Wildman–Crippen LogP) is 5.20. The number of hydrogen-bond donors (Lipinski definition) is 1. The average Bonchev–Trinajstić information content (AvgIpc) is 3.12. The number of benzene rings is 2. The van der Waals surface area contributed by atoms with Crippen LogP contribution in [0.25, 0.3) is 27.7 Å². The molecular formula is C22H19FN4O3. The molecule has 2 aromatic carbocycles. The summed E-state index contributed by atoms with van der Waals surface area (Å²) in [5, 5.41) is 4.34. The van der Waals surface area contributed by atoms with E-state index in [2.05, 4.69) is 15.0 Å². The van der Waals surface area contributed by atoms with E-state index in [1.807, 2.05) is 18.3 Å². The summed E-state index contributed by atoms with van der Waals surface area (Å²) in [7, 11) is 2.78. The molecule has 0 unspecified atom stereocenters. The van der Waals surface area contributed by atoms with Crippen molar-refractivity contribution in [3.8, 4) is 17.0 Å². The fourth-order valence-corrected chi connectivity index (χ4v) is 3.29. The van der Waals surface area contributed by atoms with Crippen LogP contribution in [-0.4, -0.2) is 35.9 Å². The number of aromatic nitrogens is 2. The van der Waals surface area contributed by atoms with Gasteiger partial charge in [-0.25, -0.2) is 19.2 Å². The minimum Gasteiger partial charge on any atom is -0.497 e. The molecule has 4 aromatic rings. The summed E-state index contributed by atoms with van der Waals surface area (Å²) in [5.74, 6) is 0.469. The van der Waals surface area contributed by atoms with Gasteiger partial charge in [-0.1, -0.05) is 6.07 Å². The van der Waals surface area contributed by atoms with Gasteiger partial charge < -0.3 is 9.47 Å². The molecule has 1 N–H and O–H groups in total. The Kier molecular flexibility index (Phi) is 5.05. The standard InChI is InChI=1S/C22H19FN4O3/c1-4-24-21-19(16-8-7-15(29-2)12-18(16)23)26-20-17-11-14(25-22(28)30-3)6-5-13(17)9-10-27(20)21/h4-12H,1-3H3,(H,25,28). The van der Waals surface area contributed by atoms with Gasteiger partial charge in [-0.3, -0.25) is 9.72 Å². The third-order valence-corrected chi connectivity index (χ3v) is 4.70. The molecular weight excluding hydrogens is 387 g/mol. The molecule has 1 amide bonds. The molecule has 0 fully saturated rings. The van der Waals surface area contributed by atoms with Crippen LogP contribution in [0.2, 0.25) is 0 Å². The van der Waals surface area contributed by atoms with Crippen molar-refractivity contribution in [3.05, 3.63) is 54.5 Å². The van der Waals surface area contributed by atoms with Crippen molar-refractivity contribution in [1.82, 2.24) is 9.38 Å². The van der Waals surface area contributed by atoms with Crippen molar-refractivity contribution in [3.63, 3.8) is 0 Å². The van der Waals surface area contributed by atoms with E-state index in [0.29, 0.717) is 34.2 Å². The molecule has 0 aliphatic rings. The highest BCUT2D eigenvalue weighted by atomic mass is 19.1. The zero-order valence-electron chi connectivity index (χ0n) is 16.6. The number of aliphatic imine (C=N–C) groups is 1. The summed E-state index contributed by atoms with van der Waals surface area (Å²) < 4.78 is 26.3. The summed E-state index contributed by atoms with van der Waals surface area (Å²) >= 11 is 0. The van der Waals surface area contributed by atoms with E-state index in [4.69, 9.17) is 9.72 Å². The number of halogens is 1. The summed E-state index contributed by atoms with van der Waals surface area (Å²) in [6.07, 6.45) is 2.90. The van der Waals surface area contributed by atoms with Crippen LogP contribution in [-0.2, 0) is 4.74 Å². The zero-order chi connectivity index (χ0) is 21.3. The maximum Gasteiger partial charge on any atom is 0.411 e. The van der Waals surface area contributed by atoms with Crippen molar-refractivity contribution < 1.29 is 18.7 Å². The highest BCUT2D eigenvalue weighted by molar-refractivity contribution is 6.00. The Morgan fingerprint density at radius 2 is 2.03 bits per heavy atom. The van der Waals surface area contributed by atoms with Gasteiger partial charge >= 0.3 is 6.09 Å². The zero-order valence-corrected chi connectivity index (χ0v) is 16.6. The van der Waals surface area contributed by atoms with Crippen molar-refractivity contribution in [2.75, 3.05) is 19.5 Å². The van der Waals surface area contributed by atoms with E-state index in [-0.39, 0.29) is 0 Å². The fraction of sp³-hybridized carbons (Fsp3) is 0.136. The van der Waals surface area contributed by atoms with Gasteiger partial charge in [-0.05, 0) is 42.6 Å². The van der Waals surface area contributed by atoms with E-state index >= 15 is 0 Å². The second-order valence-corrected chi connectivity index (χ2v) is 6.45. The number of methoxy groups -OCH3 is 2. The number of rotatable bonds is 4. The van der Waals surface area contributed by atoms with Gasteiger partial charge in [0.15, 0.2) is 5.82 Å². The molecule has 4 rings (SSSR count). The van der Waals surface area contributed by atoms with Crippen LogP contribution in [0, 0.1) is 5.82 Å². The molecule has 0 saturated heterocycles. The molecule has 0 bridgehead atoms. The van der Waals surface area contributed by atoms with Gasteiger partial charge in [0, 0.05) is 35.1 Å². The second-order valence-electron chi connectivity index (χ2n) is 6.45. The quantitative estimate of drug-likeness (QED) is 0.473. The van der Waals surface area contributed by atoms with Crippen LogP contribution in [0.1, 0.15) is 6.92 Å². The Bertz CT molecular complexity index is 1300. The highest BCUT2D eigenvalue weighted by Crippen LogP contribution is 2.36. The molecule has 152 valence electrons. The topological polar surface area (TPSA) is 77.2 Å².